The molecule has 0 fully saturated rings. The number of nitrogens with zero attached hydrogens (tertiary/aromatic N) is 1. The molecule has 0 aliphatic heterocycles. The molecule has 0 spiro atoms. The molecule has 0 aliphatic rings. The first-order valence-electron chi connectivity index (χ1n) is 6.25. The highest BCUT2D eigenvalue weighted by atomic mass is 19.5. The summed E-state index contributed by atoms with van der Waals surface area (Å²) >= 11 is 0. The van der Waals surface area contributed by atoms with Gasteiger partial charge in [-0.25, -0.2) is 0 Å². The van der Waals surface area contributed by atoms with Gasteiger partial charge in [-0.15, -0.1) is 0 Å². The van der Waals surface area contributed by atoms with Crippen molar-refractivity contribution in [2.24, 2.45) is 0 Å². The Hall–Kier alpha value is -1.98. The Morgan fingerprint density at radius 3 is 1.50 bits per heavy atom. The van der Waals surface area contributed by atoms with Gasteiger partial charge in [0, 0.05) is 28.4 Å². The standard InChI is InChI=1S/C14H13N.BF4/c1-2-15-13-9-5-3-7-11(13)12-8-4-6-10-14(12)15;2-1(3,4)5/h3-10H,2H2,1H3;/q;-1. The molecule has 2 aromatic carbocycles. The van der Waals surface area contributed by atoms with Crippen LogP contribution in [0.1, 0.15) is 6.92 Å². The van der Waals surface area contributed by atoms with Crippen LogP contribution in [0.15, 0.2) is 48.5 Å². The monoisotopic (exact) mass is 282 g/mol. The fourth-order valence-electron chi connectivity index (χ4n) is 2.34. The number of para-hydroxylation sites is 2. The third-order valence-electron chi connectivity index (χ3n) is 3.00. The molecule has 0 aliphatic carbocycles. The highest BCUT2D eigenvalue weighted by Gasteiger charge is 2.20. The van der Waals surface area contributed by atoms with E-state index in [1.165, 1.54) is 21.8 Å². The summed E-state index contributed by atoms with van der Waals surface area (Å²) in [6, 6.07) is 17.2. The van der Waals surface area contributed by atoms with Crippen LogP contribution in [0.5, 0.6) is 0 Å². The molecule has 1 aromatic heterocycles. The van der Waals surface area contributed by atoms with Crippen LogP contribution in [-0.4, -0.2) is 11.8 Å². The predicted octanol–water partition coefficient (Wildman–Crippen LogP) is 5.11. The Morgan fingerprint density at radius 1 is 0.800 bits per heavy atom. The van der Waals surface area contributed by atoms with Gasteiger partial charge >= 0.3 is 7.25 Å². The van der Waals surface area contributed by atoms with E-state index in [9.17, 15) is 17.3 Å². The second-order valence-corrected chi connectivity index (χ2v) is 4.27. The largest absolute Gasteiger partial charge is 0.673 e. The number of rotatable bonds is 1. The zero-order chi connectivity index (χ0) is 14.8. The summed E-state index contributed by atoms with van der Waals surface area (Å²) in [7, 11) is -6.00. The van der Waals surface area contributed by atoms with Crippen LogP contribution >= 0.6 is 0 Å². The normalized spacial score (nSPS) is 11.4. The average molecular weight is 282 g/mol. The molecule has 20 heavy (non-hydrogen) atoms. The number of fused-ring (bicyclic) bond motifs is 3. The molecular formula is C14H13BF4N-. The van der Waals surface area contributed by atoms with Crippen LogP contribution < -0.4 is 0 Å². The number of halogens is 4. The maximum Gasteiger partial charge on any atom is 0.673 e. The zero-order valence-corrected chi connectivity index (χ0v) is 10.9. The van der Waals surface area contributed by atoms with Crippen LogP contribution in [0.3, 0.4) is 0 Å². The van der Waals surface area contributed by atoms with Crippen molar-refractivity contribution in [2.45, 2.75) is 13.5 Å². The van der Waals surface area contributed by atoms with Crippen molar-refractivity contribution < 1.29 is 17.3 Å². The number of hydrogen-bond donors (Lipinski definition) is 0. The second kappa shape index (κ2) is 5.57. The molecule has 1 nitrogen and oxygen atoms in total. The molecule has 0 N–H and O–H groups in total. The van der Waals surface area contributed by atoms with Gasteiger partial charge in [-0.1, -0.05) is 36.4 Å². The van der Waals surface area contributed by atoms with Gasteiger partial charge in [-0.05, 0) is 19.1 Å². The van der Waals surface area contributed by atoms with E-state index in [-0.39, 0.29) is 0 Å². The third-order valence-corrected chi connectivity index (χ3v) is 3.00. The lowest BCUT2D eigenvalue weighted by Crippen LogP contribution is -2.02. The Morgan fingerprint density at radius 2 is 1.15 bits per heavy atom. The van der Waals surface area contributed by atoms with E-state index in [1.807, 2.05) is 0 Å². The molecule has 6 heteroatoms. The molecule has 3 rings (SSSR count). The number of aromatic nitrogens is 1. The third kappa shape index (κ3) is 3.12. The first-order chi connectivity index (χ1) is 9.42. The molecule has 0 unspecified atom stereocenters. The van der Waals surface area contributed by atoms with E-state index in [0.717, 1.165) is 6.54 Å². The summed E-state index contributed by atoms with van der Waals surface area (Å²) in [5, 5.41) is 2.71. The van der Waals surface area contributed by atoms with Crippen molar-refractivity contribution in [3.63, 3.8) is 0 Å². The van der Waals surface area contributed by atoms with Crippen LogP contribution in [0.2, 0.25) is 0 Å². The minimum atomic E-state index is -6.00. The number of aryl methyl sites for hydroxylation is 1. The van der Waals surface area contributed by atoms with Crippen molar-refractivity contribution in [1.82, 2.24) is 4.57 Å². The van der Waals surface area contributed by atoms with Gasteiger partial charge in [0.2, 0.25) is 0 Å². The van der Waals surface area contributed by atoms with Gasteiger partial charge in [0.15, 0.2) is 0 Å². The second-order valence-electron chi connectivity index (χ2n) is 4.27. The minimum Gasteiger partial charge on any atom is -0.418 e. The van der Waals surface area contributed by atoms with E-state index in [2.05, 4.69) is 60.0 Å². The molecule has 106 valence electrons. The SMILES string of the molecule is CCn1c2ccccc2c2ccccc21.F[B-](F)(F)F. The van der Waals surface area contributed by atoms with E-state index < -0.39 is 7.25 Å². The number of benzene rings is 2. The van der Waals surface area contributed by atoms with Gasteiger partial charge in [0.1, 0.15) is 0 Å². The Balaban J connectivity index is 0.000000257. The fourth-order valence-corrected chi connectivity index (χ4v) is 2.34. The Bertz CT molecular complexity index is 659. The predicted molar refractivity (Wildman–Crippen MR) is 75.3 cm³/mol. The summed E-state index contributed by atoms with van der Waals surface area (Å²) in [5.74, 6) is 0. The highest BCUT2D eigenvalue weighted by molar-refractivity contribution is 6.50. The molecule has 0 saturated heterocycles. The molecule has 0 atom stereocenters. The summed E-state index contributed by atoms with van der Waals surface area (Å²) in [6.45, 7) is 3.22. The quantitative estimate of drug-likeness (QED) is 0.431. The lowest BCUT2D eigenvalue weighted by molar-refractivity contribution is 0.368. The summed E-state index contributed by atoms with van der Waals surface area (Å²) in [5.41, 5.74) is 2.67. The molecule has 1 heterocycles. The van der Waals surface area contributed by atoms with Crippen LogP contribution in [0.25, 0.3) is 21.8 Å². The van der Waals surface area contributed by atoms with Gasteiger partial charge in [0.05, 0.1) is 0 Å². The van der Waals surface area contributed by atoms with Crippen LogP contribution in [0.4, 0.5) is 17.3 Å². The minimum absolute atomic E-state index is 1.02. The van der Waals surface area contributed by atoms with E-state index in [0.29, 0.717) is 0 Å². The van der Waals surface area contributed by atoms with Crippen molar-refractivity contribution in [3.8, 4) is 0 Å². The first kappa shape index (κ1) is 14.4. The van der Waals surface area contributed by atoms with Crippen molar-refractivity contribution in [1.29, 1.82) is 0 Å². The van der Waals surface area contributed by atoms with Gasteiger partial charge in [-0.2, -0.15) is 0 Å². The van der Waals surface area contributed by atoms with E-state index in [1.54, 1.807) is 0 Å². The van der Waals surface area contributed by atoms with Crippen LogP contribution in [0, 0.1) is 0 Å². The zero-order valence-electron chi connectivity index (χ0n) is 10.9. The lowest BCUT2D eigenvalue weighted by atomic mass is 10.2. The maximum atomic E-state index is 9.75. The van der Waals surface area contributed by atoms with Gasteiger partial charge in [0.25, 0.3) is 0 Å². The average Bonchev–Trinajstić information content (AvgIpc) is 2.71. The topological polar surface area (TPSA) is 4.93 Å². The maximum absolute atomic E-state index is 9.75. The van der Waals surface area contributed by atoms with Crippen molar-refractivity contribution >= 4 is 29.1 Å². The molecule has 0 amide bonds. The van der Waals surface area contributed by atoms with Crippen molar-refractivity contribution in [3.05, 3.63) is 48.5 Å². The Kier molecular flexibility index (Phi) is 4.02. The lowest BCUT2D eigenvalue weighted by Gasteiger charge is -2.01. The van der Waals surface area contributed by atoms with E-state index >= 15 is 0 Å². The summed E-state index contributed by atoms with van der Waals surface area (Å²) in [6.07, 6.45) is 0. The number of hydrogen-bond acceptors (Lipinski definition) is 0. The molecule has 0 saturated carbocycles. The van der Waals surface area contributed by atoms with E-state index in [4.69, 9.17) is 0 Å². The van der Waals surface area contributed by atoms with Crippen LogP contribution in [-0.2, 0) is 6.54 Å². The van der Waals surface area contributed by atoms with Gasteiger partial charge in [-0.3, -0.25) is 0 Å². The van der Waals surface area contributed by atoms with Gasteiger partial charge < -0.3 is 21.8 Å². The fraction of sp³-hybridized carbons (Fsp3) is 0.143. The Labute approximate surface area is 113 Å². The molecule has 0 bridgehead atoms. The summed E-state index contributed by atoms with van der Waals surface area (Å²) < 4.78 is 41.4. The first-order valence-corrected chi connectivity index (χ1v) is 6.25. The highest BCUT2D eigenvalue weighted by Crippen LogP contribution is 2.28. The molecule has 0 radical (unpaired) electrons. The van der Waals surface area contributed by atoms with Crippen molar-refractivity contribution in [2.75, 3.05) is 0 Å². The molecule has 3 aromatic rings. The summed E-state index contributed by atoms with van der Waals surface area (Å²) in [4.78, 5) is 0. The smallest absolute Gasteiger partial charge is 0.418 e. The molecular weight excluding hydrogens is 269 g/mol.